The maximum absolute atomic E-state index is 4.25. The monoisotopic (exact) mass is 283 g/mol. The number of hydrogen-bond donors (Lipinski definition) is 1. The molecule has 0 aromatic carbocycles. The highest BCUT2D eigenvalue weighted by Gasteiger charge is 2.23. The molecule has 1 aromatic rings. The summed E-state index contributed by atoms with van der Waals surface area (Å²) in [7, 11) is 0. The van der Waals surface area contributed by atoms with Crippen molar-refractivity contribution in [3.05, 3.63) is 17.0 Å². The van der Waals surface area contributed by atoms with E-state index in [2.05, 4.69) is 38.1 Å². The average Bonchev–Trinajstić information content (AvgIpc) is 2.30. The Bertz CT molecular complexity index is 343. The van der Waals surface area contributed by atoms with E-state index in [0.29, 0.717) is 6.04 Å². The molecule has 1 heterocycles. The second-order valence-corrected chi connectivity index (χ2v) is 5.24. The van der Waals surface area contributed by atoms with Gasteiger partial charge in [0.25, 0.3) is 0 Å². The lowest BCUT2D eigenvalue weighted by Gasteiger charge is -2.31. The maximum Gasteiger partial charge on any atom is 0.130 e. The number of aromatic nitrogens is 2. The zero-order chi connectivity index (χ0) is 11.4. The lowest BCUT2D eigenvalue weighted by Crippen LogP contribution is -2.32. The molecule has 1 aliphatic rings. The van der Waals surface area contributed by atoms with E-state index in [-0.39, 0.29) is 0 Å². The van der Waals surface area contributed by atoms with Crippen molar-refractivity contribution < 1.29 is 0 Å². The number of anilines is 1. The smallest absolute Gasteiger partial charge is 0.130 e. The molecule has 2 unspecified atom stereocenters. The first-order chi connectivity index (χ1) is 7.79. The minimum Gasteiger partial charge on any atom is -0.367 e. The standard InChI is InChI=1S/C12H18BrN3/c1-2-9-5-3-4-6-10(9)16-12-7-11(13)14-8-15-12/h7-10H,2-6H2,1H3,(H,14,15,16). The Labute approximate surface area is 105 Å². The second kappa shape index (κ2) is 5.62. The fraction of sp³-hybridized carbons (Fsp3) is 0.667. The van der Waals surface area contributed by atoms with Crippen molar-refractivity contribution in [2.24, 2.45) is 5.92 Å². The molecule has 0 aliphatic heterocycles. The van der Waals surface area contributed by atoms with Crippen molar-refractivity contribution in [2.45, 2.75) is 45.1 Å². The second-order valence-electron chi connectivity index (χ2n) is 4.43. The van der Waals surface area contributed by atoms with Crippen molar-refractivity contribution in [2.75, 3.05) is 5.32 Å². The van der Waals surface area contributed by atoms with Crippen LogP contribution in [0.3, 0.4) is 0 Å². The molecule has 2 rings (SSSR count). The van der Waals surface area contributed by atoms with Gasteiger partial charge in [0.15, 0.2) is 0 Å². The number of nitrogens with one attached hydrogen (secondary N) is 1. The maximum atomic E-state index is 4.25. The van der Waals surface area contributed by atoms with Crippen molar-refractivity contribution in [3.8, 4) is 0 Å². The lowest BCUT2D eigenvalue weighted by atomic mass is 9.83. The van der Waals surface area contributed by atoms with Crippen molar-refractivity contribution >= 4 is 21.7 Å². The van der Waals surface area contributed by atoms with Gasteiger partial charge in [-0.05, 0) is 34.7 Å². The summed E-state index contributed by atoms with van der Waals surface area (Å²) >= 11 is 3.37. The molecular weight excluding hydrogens is 266 g/mol. The SMILES string of the molecule is CCC1CCCCC1Nc1cc(Br)ncn1. The molecule has 0 saturated heterocycles. The highest BCUT2D eigenvalue weighted by molar-refractivity contribution is 9.10. The summed E-state index contributed by atoms with van der Waals surface area (Å²) in [5.74, 6) is 1.73. The quantitative estimate of drug-likeness (QED) is 0.861. The van der Waals surface area contributed by atoms with Gasteiger partial charge in [0, 0.05) is 12.1 Å². The molecule has 0 amide bonds. The van der Waals surface area contributed by atoms with E-state index >= 15 is 0 Å². The Kier molecular flexibility index (Phi) is 4.16. The van der Waals surface area contributed by atoms with E-state index in [1.165, 1.54) is 32.1 Å². The van der Waals surface area contributed by atoms with E-state index in [4.69, 9.17) is 0 Å². The van der Waals surface area contributed by atoms with Crippen LogP contribution in [0.5, 0.6) is 0 Å². The van der Waals surface area contributed by atoms with E-state index in [0.717, 1.165) is 16.3 Å². The van der Waals surface area contributed by atoms with Crippen LogP contribution in [0.15, 0.2) is 17.0 Å². The van der Waals surface area contributed by atoms with Gasteiger partial charge >= 0.3 is 0 Å². The Balaban J connectivity index is 2.02. The van der Waals surface area contributed by atoms with Crippen LogP contribution in [0.1, 0.15) is 39.0 Å². The average molecular weight is 284 g/mol. The first kappa shape index (κ1) is 11.8. The third-order valence-corrected chi connectivity index (χ3v) is 3.83. The Morgan fingerprint density at radius 2 is 2.19 bits per heavy atom. The van der Waals surface area contributed by atoms with E-state index in [1.807, 2.05) is 6.07 Å². The summed E-state index contributed by atoms with van der Waals surface area (Å²) in [6.45, 7) is 2.28. The molecule has 1 fully saturated rings. The topological polar surface area (TPSA) is 37.8 Å². The fourth-order valence-electron chi connectivity index (χ4n) is 2.49. The van der Waals surface area contributed by atoms with Crippen LogP contribution in [0.25, 0.3) is 0 Å². The molecule has 88 valence electrons. The molecule has 1 aliphatic carbocycles. The zero-order valence-electron chi connectivity index (χ0n) is 9.62. The van der Waals surface area contributed by atoms with Gasteiger partial charge in [-0.25, -0.2) is 9.97 Å². The van der Waals surface area contributed by atoms with Crippen LogP contribution in [0.2, 0.25) is 0 Å². The van der Waals surface area contributed by atoms with Crippen LogP contribution in [-0.2, 0) is 0 Å². The van der Waals surface area contributed by atoms with E-state index in [1.54, 1.807) is 6.33 Å². The number of halogens is 1. The van der Waals surface area contributed by atoms with Crippen molar-refractivity contribution in [1.29, 1.82) is 0 Å². The van der Waals surface area contributed by atoms with E-state index in [9.17, 15) is 0 Å². The van der Waals surface area contributed by atoms with Crippen LogP contribution in [-0.4, -0.2) is 16.0 Å². The minimum atomic E-state index is 0.584. The molecule has 16 heavy (non-hydrogen) atoms. The Morgan fingerprint density at radius 3 is 2.94 bits per heavy atom. The third-order valence-electron chi connectivity index (χ3n) is 3.40. The van der Waals surface area contributed by atoms with Crippen molar-refractivity contribution in [3.63, 3.8) is 0 Å². The summed E-state index contributed by atoms with van der Waals surface area (Å²) in [6.07, 6.45) is 8.17. The van der Waals surface area contributed by atoms with Gasteiger partial charge in [0.05, 0.1) is 0 Å². The van der Waals surface area contributed by atoms with Crippen LogP contribution in [0.4, 0.5) is 5.82 Å². The normalized spacial score (nSPS) is 25.4. The van der Waals surface area contributed by atoms with Crippen LogP contribution >= 0.6 is 15.9 Å². The highest BCUT2D eigenvalue weighted by atomic mass is 79.9. The molecule has 0 radical (unpaired) electrons. The molecule has 0 spiro atoms. The molecule has 1 aromatic heterocycles. The Hall–Kier alpha value is -0.640. The molecule has 0 bridgehead atoms. The van der Waals surface area contributed by atoms with Gasteiger partial charge in [-0.15, -0.1) is 0 Å². The predicted octanol–water partition coefficient (Wildman–Crippen LogP) is 3.62. The summed E-state index contributed by atoms with van der Waals surface area (Å²) in [6, 6.07) is 2.53. The highest BCUT2D eigenvalue weighted by Crippen LogP contribution is 2.29. The molecule has 3 nitrogen and oxygen atoms in total. The third kappa shape index (κ3) is 2.94. The molecule has 1 saturated carbocycles. The van der Waals surface area contributed by atoms with Crippen LogP contribution < -0.4 is 5.32 Å². The van der Waals surface area contributed by atoms with Crippen molar-refractivity contribution in [1.82, 2.24) is 9.97 Å². The van der Waals surface area contributed by atoms with E-state index < -0.39 is 0 Å². The number of rotatable bonds is 3. The first-order valence-electron chi connectivity index (χ1n) is 6.03. The van der Waals surface area contributed by atoms with Crippen LogP contribution in [0, 0.1) is 5.92 Å². The molecule has 1 N–H and O–H groups in total. The number of hydrogen-bond acceptors (Lipinski definition) is 3. The first-order valence-corrected chi connectivity index (χ1v) is 6.83. The summed E-state index contributed by atoms with van der Waals surface area (Å²) in [5.41, 5.74) is 0. The zero-order valence-corrected chi connectivity index (χ0v) is 11.2. The predicted molar refractivity (Wildman–Crippen MR) is 69.4 cm³/mol. The van der Waals surface area contributed by atoms with Gasteiger partial charge in [0.1, 0.15) is 16.7 Å². The lowest BCUT2D eigenvalue weighted by molar-refractivity contribution is 0.317. The molecule has 4 heteroatoms. The van der Waals surface area contributed by atoms with Gasteiger partial charge in [-0.3, -0.25) is 0 Å². The number of nitrogens with zero attached hydrogens (tertiary/aromatic N) is 2. The Morgan fingerprint density at radius 1 is 1.38 bits per heavy atom. The fourth-order valence-corrected chi connectivity index (χ4v) is 2.80. The van der Waals surface area contributed by atoms with Gasteiger partial charge in [0.2, 0.25) is 0 Å². The summed E-state index contributed by atoms with van der Waals surface area (Å²) < 4.78 is 0.842. The summed E-state index contributed by atoms with van der Waals surface area (Å²) in [5, 5.41) is 3.54. The van der Waals surface area contributed by atoms with Gasteiger partial charge < -0.3 is 5.32 Å². The van der Waals surface area contributed by atoms with Gasteiger partial charge in [-0.2, -0.15) is 0 Å². The molecular formula is C12H18BrN3. The summed E-state index contributed by atoms with van der Waals surface area (Å²) in [4.78, 5) is 8.29. The molecule has 2 atom stereocenters. The van der Waals surface area contributed by atoms with Gasteiger partial charge in [-0.1, -0.05) is 26.2 Å². The minimum absolute atomic E-state index is 0.584. The largest absolute Gasteiger partial charge is 0.367 e.